The van der Waals surface area contributed by atoms with E-state index in [-0.39, 0.29) is 0 Å². The van der Waals surface area contributed by atoms with Gasteiger partial charge in [0.15, 0.2) is 0 Å². The normalized spacial score (nSPS) is 11.0. The van der Waals surface area contributed by atoms with Crippen LogP contribution in [0.5, 0.6) is 0 Å². The number of pyridine rings is 1. The van der Waals surface area contributed by atoms with Gasteiger partial charge in [-0.3, -0.25) is 4.98 Å². The summed E-state index contributed by atoms with van der Waals surface area (Å²) in [5.41, 5.74) is 5.06. The Morgan fingerprint density at radius 1 is 0.727 bits per heavy atom. The molecule has 1 nitrogen and oxygen atoms in total. The van der Waals surface area contributed by atoms with Crippen molar-refractivity contribution in [3.05, 3.63) is 65.9 Å². The van der Waals surface area contributed by atoms with Crippen molar-refractivity contribution in [2.45, 2.75) is 39.5 Å². The maximum Gasteiger partial charge on any atom is 0.0783 e. The van der Waals surface area contributed by atoms with Crippen LogP contribution in [0.3, 0.4) is 0 Å². The van der Waals surface area contributed by atoms with E-state index in [1.807, 2.05) is 0 Å². The van der Waals surface area contributed by atoms with E-state index >= 15 is 0 Å². The summed E-state index contributed by atoms with van der Waals surface area (Å²) in [4.78, 5) is 5.08. The summed E-state index contributed by atoms with van der Waals surface area (Å²) in [5.74, 6) is 0. The van der Waals surface area contributed by atoms with Crippen molar-refractivity contribution in [3.8, 4) is 11.3 Å². The first-order chi connectivity index (χ1) is 10.8. The molecule has 0 aliphatic heterocycles. The van der Waals surface area contributed by atoms with Crippen LogP contribution in [0.4, 0.5) is 0 Å². The zero-order valence-corrected chi connectivity index (χ0v) is 13.5. The first-order valence-corrected chi connectivity index (χ1v) is 8.31. The summed E-state index contributed by atoms with van der Waals surface area (Å²) in [6.45, 7) is 4.48. The van der Waals surface area contributed by atoms with Crippen molar-refractivity contribution in [1.29, 1.82) is 0 Å². The summed E-state index contributed by atoms with van der Waals surface area (Å²) >= 11 is 0. The number of hydrogen-bond donors (Lipinski definition) is 0. The van der Waals surface area contributed by atoms with Gasteiger partial charge in [0.25, 0.3) is 0 Å². The van der Waals surface area contributed by atoms with Gasteiger partial charge in [-0.15, -0.1) is 0 Å². The molecule has 0 radical (unpaired) electrons. The van der Waals surface area contributed by atoms with Crippen LogP contribution in [0.1, 0.15) is 37.9 Å². The number of rotatable bonds is 5. The molecular weight excluding hydrogens is 266 g/mol. The van der Waals surface area contributed by atoms with Crippen LogP contribution in [0, 0.1) is 0 Å². The molecule has 0 N–H and O–H groups in total. The minimum atomic E-state index is 1.06. The second-order valence-corrected chi connectivity index (χ2v) is 5.80. The fourth-order valence-corrected chi connectivity index (χ4v) is 3.16. The average molecular weight is 289 g/mol. The third kappa shape index (κ3) is 2.76. The third-order valence-corrected chi connectivity index (χ3v) is 4.14. The summed E-state index contributed by atoms with van der Waals surface area (Å²) in [5, 5.41) is 2.65. The highest BCUT2D eigenvalue weighted by atomic mass is 14.7. The minimum Gasteiger partial charge on any atom is -0.252 e. The first-order valence-electron chi connectivity index (χ1n) is 8.31. The predicted molar refractivity (Wildman–Crippen MR) is 95.2 cm³/mol. The highest BCUT2D eigenvalue weighted by Crippen LogP contribution is 2.31. The largest absolute Gasteiger partial charge is 0.252 e. The van der Waals surface area contributed by atoms with Crippen molar-refractivity contribution in [1.82, 2.24) is 4.98 Å². The Bertz CT molecular complexity index is 759. The van der Waals surface area contributed by atoms with E-state index < -0.39 is 0 Å². The van der Waals surface area contributed by atoms with E-state index in [9.17, 15) is 0 Å². The van der Waals surface area contributed by atoms with Crippen molar-refractivity contribution >= 4 is 10.8 Å². The van der Waals surface area contributed by atoms with E-state index in [0.717, 1.165) is 31.4 Å². The van der Waals surface area contributed by atoms with Crippen LogP contribution in [0.15, 0.2) is 54.6 Å². The lowest BCUT2D eigenvalue weighted by atomic mass is 9.94. The molecule has 0 saturated heterocycles. The summed E-state index contributed by atoms with van der Waals surface area (Å²) in [6.07, 6.45) is 4.46. The molecular formula is C21H23N. The lowest BCUT2D eigenvalue weighted by Gasteiger charge is -2.15. The Kier molecular flexibility index (Phi) is 4.53. The van der Waals surface area contributed by atoms with E-state index in [0.29, 0.717) is 0 Å². The minimum absolute atomic E-state index is 1.06. The molecule has 1 aromatic heterocycles. The summed E-state index contributed by atoms with van der Waals surface area (Å²) in [7, 11) is 0. The number of fused-ring (bicyclic) bond motifs is 1. The molecule has 0 spiro atoms. The predicted octanol–water partition coefficient (Wildman–Crippen LogP) is 5.81. The zero-order valence-electron chi connectivity index (χ0n) is 13.5. The molecule has 0 fully saturated rings. The van der Waals surface area contributed by atoms with Gasteiger partial charge in [-0.05, 0) is 23.8 Å². The molecule has 1 heteroatoms. The Morgan fingerprint density at radius 2 is 1.36 bits per heavy atom. The van der Waals surface area contributed by atoms with Crippen LogP contribution in [-0.4, -0.2) is 4.98 Å². The van der Waals surface area contributed by atoms with Gasteiger partial charge in [0, 0.05) is 16.6 Å². The van der Waals surface area contributed by atoms with E-state index in [4.69, 9.17) is 4.98 Å². The monoisotopic (exact) mass is 289 g/mol. The highest BCUT2D eigenvalue weighted by molar-refractivity contribution is 5.97. The fraction of sp³-hybridized carbons (Fsp3) is 0.286. The van der Waals surface area contributed by atoms with Gasteiger partial charge in [-0.1, -0.05) is 81.3 Å². The molecule has 0 aliphatic carbocycles. The number of hydrogen-bond acceptors (Lipinski definition) is 1. The van der Waals surface area contributed by atoms with Gasteiger partial charge in [-0.2, -0.15) is 0 Å². The maximum atomic E-state index is 5.08. The SMILES string of the molecule is CCCc1nc(-c2ccccc2)c2ccccc2c1CCC. The number of nitrogens with zero attached hydrogens (tertiary/aromatic N) is 1. The third-order valence-electron chi connectivity index (χ3n) is 4.14. The average Bonchev–Trinajstić information content (AvgIpc) is 2.58. The molecule has 0 amide bonds. The molecule has 2 aromatic carbocycles. The quantitative estimate of drug-likeness (QED) is 0.578. The van der Waals surface area contributed by atoms with Crippen molar-refractivity contribution in [2.75, 3.05) is 0 Å². The van der Waals surface area contributed by atoms with Gasteiger partial charge in [0.1, 0.15) is 0 Å². The van der Waals surface area contributed by atoms with E-state index in [2.05, 4.69) is 68.4 Å². The number of benzene rings is 2. The second kappa shape index (κ2) is 6.74. The highest BCUT2D eigenvalue weighted by Gasteiger charge is 2.13. The molecule has 1 heterocycles. The smallest absolute Gasteiger partial charge is 0.0783 e. The first kappa shape index (κ1) is 14.8. The van der Waals surface area contributed by atoms with Gasteiger partial charge in [-0.25, -0.2) is 0 Å². The molecule has 0 saturated carbocycles. The van der Waals surface area contributed by atoms with Crippen LogP contribution in [0.25, 0.3) is 22.0 Å². The Balaban J connectivity index is 2.31. The lowest BCUT2D eigenvalue weighted by Crippen LogP contribution is -2.02. The standard InChI is InChI=1S/C21H23N/c1-3-10-18-17-14-8-9-15-19(17)21(22-20(18)11-4-2)16-12-6-5-7-13-16/h5-9,12-15H,3-4,10-11H2,1-2H3. The molecule has 0 aliphatic rings. The second-order valence-electron chi connectivity index (χ2n) is 5.80. The fourth-order valence-electron chi connectivity index (χ4n) is 3.16. The molecule has 0 atom stereocenters. The van der Waals surface area contributed by atoms with Gasteiger partial charge < -0.3 is 0 Å². The number of aromatic nitrogens is 1. The summed E-state index contributed by atoms with van der Waals surface area (Å²) in [6, 6.07) is 19.3. The molecule has 0 unspecified atom stereocenters. The Morgan fingerprint density at radius 3 is 2.05 bits per heavy atom. The van der Waals surface area contributed by atoms with Crippen LogP contribution in [0.2, 0.25) is 0 Å². The van der Waals surface area contributed by atoms with E-state index in [1.165, 1.54) is 27.6 Å². The van der Waals surface area contributed by atoms with Gasteiger partial charge in [0.05, 0.1) is 5.69 Å². The Labute approximate surface area is 133 Å². The topological polar surface area (TPSA) is 12.9 Å². The molecule has 3 rings (SSSR count). The summed E-state index contributed by atoms with van der Waals surface area (Å²) < 4.78 is 0. The Hall–Kier alpha value is -2.15. The van der Waals surface area contributed by atoms with Gasteiger partial charge in [0.2, 0.25) is 0 Å². The van der Waals surface area contributed by atoms with Crippen LogP contribution < -0.4 is 0 Å². The molecule has 112 valence electrons. The lowest BCUT2D eigenvalue weighted by molar-refractivity contribution is 0.838. The van der Waals surface area contributed by atoms with E-state index in [1.54, 1.807) is 0 Å². The van der Waals surface area contributed by atoms with Crippen molar-refractivity contribution in [2.24, 2.45) is 0 Å². The molecule has 22 heavy (non-hydrogen) atoms. The van der Waals surface area contributed by atoms with Crippen molar-refractivity contribution < 1.29 is 0 Å². The van der Waals surface area contributed by atoms with Gasteiger partial charge >= 0.3 is 0 Å². The molecule has 3 aromatic rings. The number of aryl methyl sites for hydroxylation is 2. The van der Waals surface area contributed by atoms with Crippen molar-refractivity contribution in [3.63, 3.8) is 0 Å². The molecule has 0 bridgehead atoms. The zero-order chi connectivity index (χ0) is 15.4. The van der Waals surface area contributed by atoms with Crippen LogP contribution >= 0.6 is 0 Å². The van der Waals surface area contributed by atoms with Crippen LogP contribution in [-0.2, 0) is 12.8 Å². The maximum absolute atomic E-state index is 5.08.